The maximum Gasteiger partial charge on any atom is 0.307 e. The molecule has 4 aliphatic carbocycles. The first-order valence-electron chi connectivity index (χ1n) is 39.7. The van der Waals surface area contributed by atoms with E-state index in [0.29, 0.717) is 96.5 Å². The van der Waals surface area contributed by atoms with Crippen LogP contribution in [-0.4, -0.2) is 156 Å². The van der Waals surface area contributed by atoms with Crippen LogP contribution in [0.1, 0.15) is 212 Å². The molecule has 4 saturated carbocycles. The molecule has 6 fully saturated rings. The van der Waals surface area contributed by atoms with Crippen molar-refractivity contribution in [1.82, 2.24) is 29.2 Å². The zero-order valence-electron chi connectivity index (χ0n) is 67.1. The van der Waals surface area contributed by atoms with Crippen LogP contribution in [0.5, 0.6) is 23.3 Å². The standard InChI is InChI=1S/2C42H56ClN3O9S/c2*1-8-26-17-25(2)11-9-10-12-28-22-42(28,39(50)45-56(51,52)41(6)14-15-41)23-34(47)33-19-29(24-46(33)38(49)31(26)21-36(48)55-40(3,4)5)54-37-30-20-32(43)35(53-7)18-27(30)13-16-44-37/h2*10,12-13,16,18,20,25-26,28-29,31,33H,8-9,11,14-15,17,19,21-24H2,1-7H3,(H,45,50)/b2*12-10-/t25-,26+,28+,29+,31-,33-,42+;25-,26-,28-,29-,31+,33+,42-/m01/s1. The lowest BCUT2D eigenvalue weighted by molar-refractivity contribution is -0.160. The van der Waals surface area contributed by atoms with E-state index in [1.165, 1.54) is 24.0 Å². The van der Waals surface area contributed by atoms with Gasteiger partial charge in [0.1, 0.15) is 34.9 Å². The maximum absolute atomic E-state index is 15.0. The van der Waals surface area contributed by atoms with Gasteiger partial charge in [0.05, 0.1) is 94.4 Å². The van der Waals surface area contributed by atoms with Crippen LogP contribution in [0.25, 0.3) is 21.5 Å². The summed E-state index contributed by atoms with van der Waals surface area (Å²) in [6.45, 7) is 22.3. The van der Waals surface area contributed by atoms with Crippen molar-refractivity contribution in [2.75, 3.05) is 27.3 Å². The van der Waals surface area contributed by atoms with Gasteiger partial charge in [-0.1, -0.05) is 88.0 Å². The summed E-state index contributed by atoms with van der Waals surface area (Å²) < 4.78 is 90.9. The molecular weight excluding hydrogens is 1520 g/mol. The normalized spacial score (nSPS) is 30.0. The summed E-state index contributed by atoms with van der Waals surface area (Å²) in [5, 5.41) is 3.51. The zero-order valence-corrected chi connectivity index (χ0v) is 70.3. The number of aromatic nitrogens is 2. The average molecular weight is 1630 g/mol. The third-order valence-corrected chi connectivity index (χ3v) is 29.3. The number of ketones is 2. The largest absolute Gasteiger partial charge is 0.495 e. The van der Waals surface area contributed by atoms with Crippen LogP contribution in [0.15, 0.2) is 73.1 Å². The Balaban J connectivity index is 0.000000221. The molecule has 14 atom stereocenters. The van der Waals surface area contributed by atoms with Crippen molar-refractivity contribution in [3.63, 3.8) is 0 Å². The molecule has 2 saturated heterocycles. The minimum absolute atomic E-state index is 0.0310. The number of esters is 2. The van der Waals surface area contributed by atoms with E-state index in [-0.39, 0.29) is 122 Å². The summed E-state index contributed by atoms with van der Waals surface area (Å²) >= 11 is 13.0. The van der Waals surface area contributed by atoms with Gasteiger partial charge in [-0.25, -0.2) is 26.8 Å². The van der Waals surface area contributed by atoms with Crippen LogP contribution in [0, 0.1) is 58.2 Å². The number of fused-ring (bicyclic) bond motifs is 6. The van der Waals surface area contributed by atoms with Crippen molar-refractivity contribution in [1.29, 1.82) is 0 Å². The van der Waals surface area contributed by atoms with Crippen molar-refractivity contribution in [3.8, 4) is 23.3 Å². The number of amides is 4. The number of allylic oxidation sites excluding steroid dienone is 4. The van der Waals surface area contributed by atoms with Crippen LogP contribution >= 0.6 is 23.2 Å². The Labute approximate surface area is 669 Å². The van der Waals surface area contributed by atoms with Crippen LogP contribution in [0.3, 0.4) is 0 Å². The Hall–Kier alpha value is -7.42. The van der Waals surface area contributed by atoms with Gasteiger partial charge in [-0.2, -0.15) is 0 Å². The molecule has 28 heteroatoms. The highest BCUT2D eigenvalue weighted by molar-refractivity contribution is 7.92. The van der Waals surface area contributed by atoms with E-state index in [1.54, 1.807) is 104 Å². The highest BCUT2D eigenvalue weighted by Crippen LogP contribution is 2.60. The smallest absolute Gasteiger partial charge is 0.307 e. The van der Waals surface area contributed by atoms with Gasteiger partial charge in [-0.3, -0.25) is 47.8 Å². The summed E-state index contributed by atoms with van der Waals surface area (Å²) in [5.41, 5.74) is -4.07. The second-order valence-corrected chi connectivity index (χ2v) is 40.6. The highest BCUT2D eigenvalue weighted by Gasteiger charge is 2.65. The van der Waals surface area contributed by atoms with E-state index >= 15 is 9.59 Å². The predicted molar refractivity (Wildman–Crippen MR) is 425 cm³/mol. The van der Waals surface area contributed by atoms with Gasteiger partial charge in [0.15, 0.2) is 11.6 Å². The molecule has 4 aliphatic heterocycles. The first-order valence-corrected chi connectivity index (χ1v) is 43.5. The number of methoxy groups -OCH3 is 2. The SMILES string of the molecule is CC[C@@H]1C[C@@H](C)CC/C=C\[C@@H]2C[C@@]2(C(=O)NS(=O)(=O)C2(C)CC2)CC(=O)[C@@H]2C[C@@H](Oc3nccc4cc(OC)c(Cl)cc34)CN2C(=O)[C@H]1CC(=O)OC(C)(C)C.CC[C@@H]1C[C@H](C)CC/C=C\[C@@H]2C[C@@]2(C(=O)NS(=O)(=O)C2(C)CC2)CC(=O)[C@@H]2C[C@@H](Oc3nccc4cc(OC)c(Cl)cc34)CN2C(=O)[C@H]1CC(=O)OC(C)(C)C. The van der Waals surface area contributed by atoms with E-state index in [9.17, 15) is 45.6 Å². The number of carbonyl (C=O) groups excluding carboxylic acids is 8. The van der Waals surface area contributed by atoms with Crippen LogP contribution in [-0.2, 0) is 67.9 Å². The van der Waals surface area contributed by atoms with Crippen molar-refractivity contribution in [3.05, 3.63) is 83.1 Å². The molecule has 0 unspecified atom stereocenters. The van der Waals surface area contributed by atoms with Gasteiger partial charge in [-0.05, 0) is 215 Å². The summed E-state index contributed by atoms with van der Waals surface area (Å²) in [7, 11) is -4.87. The number of hydrogen-bond donors (Lipinski definition) is 2. The fraction of sp³-hybridized carbons (Fsp3) is 0.643. The van der Waals surface area contributed by atoms with Gasteiger partial charge in [0.2, 0.25) is 55.4 Å². The number of ether oxygens (including phenoxy) is 6. The van der Waals surface area contributed by atoms with E-state index in [1.807, 2.05) is 38.2 Å². The number of benzene rings is 2. The molecule has 4 aromatic rings. The molecule has 112 heavy (non-hydrogen) atoms. The minimum atomic E-state index is -3.96. The van der Waals surface area contributed by atoms with E-state index in [0.717, 1.165) is 36.5 Å². The number of halogens is 2. The Bertz CT molecular complexity index is 4300. The summed E-state index contributed by atoms with van der Waals surface area (Å²) in [4.78, 5) is 126. The number of hydrogen-bond acceptors (Lipinski definition) is 20. The molecule has 0 bridgehead atoms. The van der Waals surface area contributed by atoms with Gasteiger partial charge in [-0.15, -0.1) is 0 Å². The lowest BCUT2D eigenvalue weighted by Crippen LogP contribution is -2.48. The molecule has 612 valence electrons. The highest BCUT2D eigenvalue weighted by atomic mass is 35.5. The fourth-order valence-corrected chi connectivity index (χ4v) is 20.1. The van der Waals surface area contributed by atoms with Crippen molar-refractivity contribution < 1.29 is 83.6 Å². The number of nitrogens with one attached hydrogen (secondary N) is 2. The van der Waals surface area contributed by atoms with Crippen LogP contribution in [0.4, 0.5) is 0 Å². The van der Waals surface area contributed by atoms with Crippen molar-refractivity contribution in [2.45, 2.75) is 256 Å². The Morgan fingerprint density at radius 3 is 1.27 bits per heavy atom. The first kappa shape index (κ1) is 85.5. The number of rotatable bonds is 18. The Morgan fingerprint density at radius 1 is 0.571 bits per heavy atom. The van der Waals surface area contributed by atoms with Crippen LogP contribution < -0.4 is 28.4 Å². The number of pyridine rings is 2. The molecule has 4 amide bonds. The molecule has 0 radical (unpaired) electrons. The quantitative estimate of drug-likeness (QED) is 0.0690. The molecular formula is C84H112Cl2N6O18S2. The second kappa shape index (κ2) is 33.4. The average Bonchev–Trinajstić information content (AvgIpc) is 1.57. The van der Waals surface area contributed by atoms with E-state index in [2.05, 4.69) is 33.3 Å². The first-order chi connectivity index (χ1) is 52.6. The molecule has 8 aliphatic rings. The summed E-state index contributed by atoms with van der Waals surface area (Å²) in [6.07, 6.45) is 17.3. The summed E-state index contributed by atoms with van der Waals surface area (Å²) in [6, 6.07) is 8.56. The van der Waals surface area contributed by atoms with E-state index in [4.69, 9.17) is 51.6 Å². The Morgan fingerprint density at radius 2 is 0.938 bits per heavy atom. The predicted octanol–water partition coefficient (Wildman–Crippen LogP) is 13.9. The number of nitrogens with zero attached hydrogens (tertiary/aromatic N) is 4. The van der Waals surface area contributed by atoms with Crippen molar-refractivity contribution in [2.24, 2.45) is 58.2 Å². The molecule has 0 spiro atoms. The molecule has 2 N–H and O–H groups in total. The lowest BCUT2D eigenvalue weighted by atomic mass is 9.79. The maximum atomic E-state index is 15.0. The third kappa shape index (κ3) is 19.2. The number of carbonyl (C=O) groups is 8. The van der Waals surface area contributed by atoms with Crippen LogP contribution in [0.2, 0.25) is 10.0 Å². The van der Waals surface area contributed by atoms with Gasteiger partial charge in [0, 0.05) is 48.8 Å². The van der Waals surface area contributed by atoms with Gasteiger partial charge < -0.3 is 38.2 Å². The topological polar surface area (TPSA) is 317 Å². The summed E-state index contributed by atoms with van der Waals surface area (Å²) in [5.74, 6) is -4.42. The monoisotopic (exact) mass is 1630 g/mol. The Kier molecular flexibility index (Phi) is 25.5. The molecule has 12 rings (SSSR count). The minimum Gasteiger partial charge on any atom is -0.495 e. The molecule has 24 nitrogen and oxygen atoms in total. The fourth-order valence-electron chi connectivity index (χ4n) is 16.9. The molecule has 6 heterocycles. The molecule has 2 aromatic heterocycles. The van der Waals surface area contributed by atoms with Crippen molar-refractivity contribution >= 4 is 112 Å². The second-order valence-electron chi connectivity index (χ2n) is 35.4. The van der Waals surface area contributed by atoms with E-state index < -0.39 is 111 Å². The molecule has 2 aromatic carbocycles. The number of sulfonamides is 2. The van der Waals surface area contributed by atoms with Gasteiger partial charge in [0.25, 0.3) is 0 Å². The van der Waals surface area contributed by atoms with Gasteiger partial charge >= 0.3 is 11.9 Å². The third-order valence-electron chi connectivity index (χ3n) is 24.4. The lowest BCUT2D eigenvalue weighted by Gasteiger charge is -2.33. The zero-order chi connectivity index (χ0) is 81.6. The number of Topliss-reactive ketones (excluding diaryl/α,β-unsaturated/α-hetero) is 2.